The van der Waals surface area contributed by atoms with Gasteiger partial charge in [-0.25, -0.2) is 9.97 Å². The second kappa shape index (κ2) is 7.52. The molecule has 4 aromatic rings. The van der Waals surface area contributed by atoms with Crippen LogP contribution in [-0.2, 0) is 0 Å². The van der Waals surface area contributed by atoms with E-state index < -0.39 is 0 Å². The third-order valence-corrected chi connectivity index (χ3v) is 4.18. The molecular weight excluding hydrogens is 352 g/mol. The van der Waals surface area contributed by atoms with Gasteiger partial charge in [0.2, 0.25) is 5.88 Å². The largest absolute Gasteiger partial charge is 0.474 e. The standard InChI is InChI=1S/C22H20N4O2/c1-14(2)28-22-16(9-7-13-23-22)21(27)26-17-10-4-3-8-15(17)20-24-18-11-5-6-12-19(18)25-20/h3-14H,1-2H3,(H,24,25)(H,26,27). The van der Waals surface area contributed by atoms with Crippen LogP contribution in [0, 0.1) is 0 Å². The SMILES string of the molecule is CC(C)Oc1ncccc1C(=O)Nc1ccccc1-c1nc2ccccc2[nH]1. The molecule has 4 rings (SSSR count). The molecule has 2 heterocycles. The van der Waals surface area contributed by atoms with Gasteiger partial charge in [0, 0.05) is 11.8 Å². The Kier molecular flexibility index (Phi) is 4.76. The average Bonchev–Trinajstić information content (AvgIpc) is 3.12. The highest BCUT2D eigenvalue weighted by atomic mass is 16.5. The Bertz CT molecular complexity index is 1100. The molecule has 0 saturated heterocycles. The summed E-state index contributed by atoms with van der Waals surface area (Å²) in [5.41, 5.74) is 3.67. The van der Waals surface area contributed by atoms with Crippen LogP contribution < -0.4 is 10.1 Å². The van der Waals surface area contributed by atoms with Crippen LogP contribution in [0.1, 0.15) is 24.2 Å². The van der Waals surface area contributed by atoms with Gasteiger partial charge in [-0.15, -0.1) is 0 Å². The predicted molar refractivity (Wildman–Crippen MR) is 109 cm³/mol. The summed E-state index contributed by atoms with van der Waals surface area (Å²) >= 11 is 0. The van der Waals surface area contributed by atoms with Crippen LogP contribution in [0.4, 0.5) is 5.69 Å². The second-order valence-corrected chi connectivity index (χ2v) is 6.62. The van der Waals surface area contributed by atoms with E-state index in [0.29, 0.717) is 23.0 Å². The Hall–Kier alpha value is -3.67. The van der Waals surface area contributed by atoms with Gasteiger partial charge in [0.25, 0.3) is 5.91 Å². The van der Waals surface area contributed by atoms with Gasteiger partial charge >= 0.3 is 0 Å². The van der Waals surface area contributed by atoms with Crippen molar-refractivity contribution in [3.8, 4) is 17.3 Å². The van der Waals surface area contributed by atoms with Gasteiger partial charge in [-0.3, -0.25) is 4.79 Å². The zero-order chi connectivity index (χ0) is 19.5. The molecule has 6 heteroatoms. The fourth-order valence-electron chi connectivity index (χ4n) is 2.95. The molecule has 0 fully saturated rings. The van der Waals surface area contributed by atoms with E-state index in [1.807, 2.05) is 62.4 Å². The molecule has 0 saturated carbocycles. The maximum absolute atomic E-state index is 12.9. The van der Waals surface area contributed by atoms with Crippen molar-refractivity contribution in [3.63, 3.8) is 0 Å². The third-order valence-electron chi connectivity index (χ3n) is 4.18. The number of para-hydroxylation sites is 3. The molecule has 1 amide bonds. The summed E-state index contributed by atoms with van der Waals surface area (Å²) < 4.78 is 5.67. The molecule has 2 aromatic heterocycles. The first-order valence-electron chi connectivity index (χ1n) is 9.09. The van der Waals surface area contributed by atoms with E-state index in [0.717, 1.165) is 16.6 Å². The van der Waals surface area contributed by atoms with Crippen molar-refractivity contribution in [1.29, 1.82) is 0 Å². The minimum atomic E-state index is -0.285. The number of amides is 1. The van der Waals surface area contributed by atoms with E-state index in [9.17, 15) is 4.79 Å². The van der Waals surface area contributed by atoms with Crippen molar-refractivity contribution in [2.24, 2.45) is 0 Å². The number of imidazole rings is 1. The molecule has 6 nitrogen and oxygen atoms in total. The van der Waals surface area contributed by atoms with E-state index >= 15 is 0 Å². The first-order valence-corrected chi connectivity index (χ1v) is 9.09. The van der Waals surface area contributed by atoms with E-state index in [1.54, 1.807) is 18.3 Å². The summed E-state index contributed by atoms with van der Waals surface area (Å²) in [5.74, 6) is 0.727. The molecule has 0 aliphatic carbocycles. The van der Waals surface area contributed by atoms with Crippen molar-refractivity contribution in [2.75, 3.05) is 5.32 Å². The Morgan fingerprint density at radius 3 is 2.64 bits per heavy atom. The van der Waals surface area contributed by atoms with Crippen molar-refractivity contribution < 1.29 is 9.53 Å². The molecule has 0 aliphatic rings. The lowest BCUT2D eigenvalue weighted by Gasteiger charge is -2.14. The van der Waals surface area contributed by atoms with Crippen LogP contribution in [0.3, 0.4) is 0 Å². The molecule has 0 unspecified atom stereocenters. The average molecular weight is 372 g/mol. The first kappa shape index (κ1) is 17.7. The Balaban J connectivity index is 1.67. The molecule has 0 bridgehead atoms. The third kappa shape index (κ3) is 3.57. The topological polar surface area (TPSA) is 79.9 Å². The molecule has 0 spiro atoms. The number of benzene rings is 2. The number of nitrogens with zero attached hydrogens (tertiary/aromatic N) is 2. The van der Waals surface area contributed by atoms with Crippen molar-refractivity contribution in [3.05, 3.63) is 72.4 Å². The van der Waals surface area contributed by atoms with Gasteiger partial charge in [-0.1, -0.05) is 24.3 Å². The van der Waals surface area contributed by atoms with Crippen molar-refractivity contribution >= 4 is 22.6 Å². The highest BCUT2D eigenvalue weighted by molar-refractivity contribution is 6.07. The first-order chi connectivity index (χ1) is 13.6. The quantitative estimate of drug-likeness (QED) is 0.534. The number of anilines is 1. The lowest BCUT2D eigenvalue weighted by molar-refractivity contribution is 0.102. The summed E-state index contributed by atoms with van der Waals surface area (Å²) in [6, 6.07) is 18.8. The van der Waals surface area contributed by atoms with E-state index in [1.165, 1.54) is 0 Å². The maximum atomic E-state index is 12.9. The van der Waals surface area contributed by atoms with Crippen LogP contribution in [-0.4, -0.2) is 27.0 Å². The fraction of sp³-hybridized carbons (Fsp3) is 0.136. The Morgan fingerprint density at radius 2 is 1.82 bits per heavy atom. The van der Waals surface area contributed by atoms with E-state index in [-0.39, 0.29) is 12.0 Å². The summed E-state index contributed by atoms with van der Waals surface area (Å²) in [7, 11) is 0. The lowest BCUT2D eigenvalue weighted by Crippen LogP contribution is -2.17. The molecular formula is C22H20N4O2. The minimum Gasteiger partial charge on any atom is -0.474 e. The van der Waals surface area contributed by atoms with Gasteiger partial charge < -0.3 is 15.0 Å². The number of carbonyl (C=O) groups is 1. The zero-order valence-corrected chi connectivity index (χ0v) is 15.6. The van der Waals surface area contributed by atoms with Crippen LogP contribution in [0.2, 0.25) is 0 Å². The molecule has 0 atom stereocenters. The summed E-state index contributed by atoms with van der Waals surface area (Å²) in [6.07, 6.45) is 1.53. The molecule has 2 N–H and O–H groups in total. The van der Waals surface area contributed by atoms with E-state index in [2.05, 4.69) is 20.3 Å². The monoisotopic (exact) mass is 372 g/mol. The second-order valence-electron chi connectivity index (χ2n) is 6.62. The highest BCUT2D eigenvalue weighted by Crippen LogP contribution is 2.28. The maximum Gasteiger partial charge on any atom is 0.261 e. The lowest BCUT2D eigenvalue weighted by atomic mass is 10.1. The van der Waals surface area contributed by atoms with Crippen LogP contribution in [0.25, 0.3) is 22.4 Å². The summed E-state index contributed by atoms with van der Waals surface area (Å²) in [6.45, 7) is 3.79. The number of hydrogen-bond donors (Lipinski definition) is 2. The molecule has 2 aromatic carbocycles. The van der Waals surface area contributed by atoms with Gasteiger partial charge in [-0.05, 0) is 50.2 Å². The van der Waals surface area contributed by atoms with E-state index in [4.69, 9.17) is 4.74 Å². The fourth-order valence-corrected chi connectivity index (χ4v) is 2.95. The van der Waals surface area contributed by atoms with Gasteiger partial charge in [0.05, 0.1) is 22.8 Å². The minimum absolute atomic E-state index is 0.0794. The molecule has 0 aliphatic heterocycles. The zero-order valence-electron chi connectivity index (χ0n) is 15.6. The molecule has 28 heavy (non-hydrogen) atoms. The number of fused-ring (bicyclic) bond motifs is 1. The van der Waals surface area contributed by atoms with Crippen molar-refractivity contribution in [1.82, 2.24) is 15.0 Å². The number of rotatable bonds is 5. The Morgan fingerprint density at radius 1 is 1.04 bits per heavy atom. The van der Waals surface area contributed by atoms with Crippen molar-refractivity contribution in [2.45, 2.75) is 20.0 Å². The summed E-state index contributed by atoms with van der Waals surface area (Å²) in [5, 5.41) is 2.96. The number of ether oxygens (including phenoxy) is 1. The molecule has 0 radical (unpaired) electrons. The van der Waals surface area contributed by atoms with Gasteiger partial charge in [-0.2, -0.15) is 0 Å². The van der Waals surface area contributed by atoms with Crippen LogP contribution >= 0.6 is 0 Å². The number of aromatic nitrogens is 3. The predicted octanol–water partition coefficient (Wildman–Crippen LogP) is 4.66. The van der Waals surface area contributed by atoms with Crippen LogP contribution in [0.5, 0.6) is 5.88 Å². The molecule has 140 valence electrons. The number of carbonyl (C=O) groups excluding carboxylic acids is 1. The Labute approximate surface area is 162 Å². The number of nitrogens with one attached hydrogen (secondary N) is 2. The smallest absolute Gasteiger partial charge is 0.261 e. The number of aromatic amines is 1. The number of pyridine rings is 1. The highest BCUT2D eigenvalue weighted by Gasteiger charge is 2.17. The number of H-pyrrole nitrogens is 1. The summed E-state index contributed by atoms with van der Waals surface area (Å²) in [4.78, 5) is 25.0. The van der Waals surface area contributed by atoms with Gasteiger partial charge in [0.1, 0.15) is 11.4 Å². The number of hydrogen-bond acceptors (Lipinski definition) is 4. The van der Waals surface area contributed by atoms with Crippen LogP contribution in [0.15, 0.2) is 66.9 Å². The normalized spacial score (nSPS) is 11.0. The van der Waals surface area contributed by atoms with Gasteiger partial charge in [0.15, 0.2) is 0 Å².